The molecule has 8 rings (SSSR count). The first-order chi connectivity index (χ1) is 24.7. The molecule has 0 N–H and O–H groups in total. The van der Waals surface area contributed by atoms with Crippen molar-refractivity contribution in [2.45, 2.75) is 0 Å². The zero-order chi connectivity index (χ0) is 34.1. The van der Waals surface area contributed by atoms with Crippen molar-refractivity contribution in [2.75, 3.05) is 0 Å². The molecule has 5 heteroatoms. The minimum Gasteiger partial charge on any atom is -0.308 e. The Morgan fingerprint density at radius 2 is 0.980 bits per heavy atom. The van der Waals surface area contributed by atoms with Gasteiger partial charge < -0.3 is 4.57 Å². The number of nitriles is 3. The number of nitrogens with zero attached hydrogens (tertiary/aromatic N) is 4. The summed E-state index contributed by atoms with van der Waals surface area (Å²) in [6, 6.07) is 64.9. The van der Waals surface area contributed by atoms with E-state index in [0.717, 1.165) is 43.8 Å². The van der Waals surface area contributed by atoms with E-state index in [2.05, 4.69) is 120 Å². The molecule has 50 heavy (non-hydrogen) atoms. The summed E-state index contributed by atoms with van der Waals surface area (Å²) in [5, 5.41) is 37.3. The predicted octanol–water partition coefficient (Wildman–Crippen LogP) is 7.44. The zero-order valence-electron chi connectivity index (χ0n) is 27.0. The molecular formula is C45H28N4Si. The molecule has 0 saturated heterocycles. The molecule has 0 fully saturated rings. The van der Waals surface area contributed by atoms with Gasteiger partial charge in [0, 0.05) is 10.8 Å². The summed E-state index contributed by atoms with van der Waals surface area (Å²) in [6.07, 6.45) is 0. The molecule has 0 radical (unpaired) electrons. The highest BCUT2D eigenvalue weighted by atomic mass is 28.3. The summed E-state index contributed by atoms with van der Waals surface area (Å²) in [6.45, 7) is 0. The lowest BCUT2D eigenvalue weighted by Crippen LogP contribution is -2.75. The van der Waals surface area contributed by atoms with Gasteiger partial charge in [0.1, 0.15) is 6.07 Å². The Bertz CT molecular complexity index is 2580. The van der Waals surface area contributed by atoms with Gasteiger partial charge in [-0.15, -0.1) is 0 Å². The van der Waals surface area contributed by atoms with E-state index in [-0.39, 0.29) is 0 Å². The quantitative estimate of drug-likeness (QED) is 0.138. The van der Waals surface area contributed by atoms with Crippen molar-refractivity contribution in [1.29, 1.82) is 15.8 Å². The van der Waals surface area contributed by atoms with E-state index in [9.17, 15) is 15.8 Å². The van der Waals surface area contributed by atoms with E-state index >= 15 is 0 Å². The minimum absolute atomic E-state index is 0.524. The summed E-state index contributed by atoms with van der Waals surface area (Å²) in [7, 11) is -3.02. The fraction of sp³-hybridized carbons (Fsp3) is 0. The lowest BCUT2D eigenvalue weighted by atomic mass is 10.0. The Morgan fingerprint density at radius 1 is 0.440 bits per heavy atom. The van der Waals surface area contributed by atoms with Crippen LogP contribution in [0.25, 0.3) is 38.6 Å². The molecule has 0 bridgehead atoms. The van der Waals surface area contributed by atoms with Crippen LogP contribution in [0, 0.1) is 34.0 Å². The number of rotatable bonds is 6. The molecule has 0 amide bonds. The van der Waals surface area contributed by atoms with E-state index in [0.29, 0.717) is 16.7 Å². The molecule has 0 unspecified atom stereocenters. The monoisotopic (exact) mass is 652 g/mol. The van der Waals surface area contributed by atoms with Gasteiger partial charge in [-0.1, -0.05) is 121 Å². The third-order valence-electron chi connectivity index (χ3n) is 9.64. The maximum atomic E-state index is 10.7. The van der Waals surface area contributed by atoms with E-state index in [4.69, 9.17) is 0 Å². The third kappa shape index (κ3) is 4.80. The number of aromatic nitrogens is 1. The first kappa shape index (κ1) is 30.4. The number of benzene rings is 7. The predicted molar refractivity (Wildman–Crippen MR) is 204 cm³/mol. The highest BCUT2D eigenvalue weighted by molar-refractivity contribution is 7.20. The molecule has 0 aliphatic heterocycles. The molecule has 0 spiro atoms. The van der Waals surface area contributed by atoms with Crippen LogP contribution in [-0.2, 0) is 0 Å². The van der Waals surface area contributed by atoms with Gasteiger partial charge in [0.05, 0.1) is 45.5 Å². The molecule has 1 aromatic heterocycles. The number of hydrogen-bond donors (Lipinski definition) is 0. The van der Waals surface area contributed by atoms with Gasteiger partial charge in [-0.25, -0.2) is 0 Å². The van der Waals surface area contributed by atoms with Gasteiger partial charge in [-0.05, 0) is 80.4 Å². The molecule has 1 heterocycles. The van der Waals surface area contributed by atoms with Crippen LogP contribution in [-0.4, -0.2) is 12.6 Å². The maximum Gasteiger partial charge on any atom is 0.180 e. The largest absolute Gasteiger partial charge is 0.308 e. The van der Waals surface area contributed by atoms with Crippen molar-refractivity contribution in [3.05, 3.63) is 187 Å². The average Bonchev–Trinajstić information content (AvgIpc) is 3.52. The van der Waals surface area contributed by atoms with Crippen molar-refractivity contribution in [3.63, 3.8) is 0 Å². The van der Waals surface area contributed by atoms with E-state index in [1.54, 1.807) is 0 Å². The van der Waals surface area contributed by atoms with Crippen LogP contribution in [0.2, 0.25) is 0 Å². The SMILES string of the molecule is N#Cc1ccc(-c2ccc(-n3c4ccccc4c4cc(C#N)ccc43)c(C#N)c2)c([Si](c2ccccc2)(c2ccccc2)c2ccccc2)c1. The smallest absolute Gasteiger partial charge is 0.180 e. The molecule has 0 saturated carbocycles. The molecular weight excluding hydrogens is 625 g/mol. The van der Waals surface area contributed by atoms with Crippen molar-refractivity contribution < 1.29 is 0 Å². The van der Waals surface area contributed by atoms with Crippen molar-refractivity contribution in [2.24, 2.45) is 0 Å². The maximum absolute atomic E-state index is 10.7. The normalized spacial score (nSPS) is 11.1. The van der Waals surface area contributed by atoms with E-state index in [1.165, 1.54) is 15.6 Å². The lowest BCUT2D eigenvalue weighted by molar-refractivity contribution is 1.17. The average molecular weight is 653 g/mol. The second-order valence-electron chi connectivity index (χ2n) is 12.3. The Hall–Kier alpha value is -6.97. The number of hydrogen-bond acceptors (Lipinski definition) is 3. The molecule has 0 aliphatic rings. The first-order valence-corrected chi connectivity index (χ1v) is 18.4. The van der Waals surface area contributed by atoms with Crippen LogP contribution in [0.5, 0.6) is 0 Å². The third-order valence-corrected chi connectivity index (χ3v) is 14.5. The first-order valence-electron chi connectivity index (χ1n) is 16.4. The topological polar surface area (TPSA) is 76.3 Å². The van der Waals surface area contributed by atoms with Gasteiger partial charge in [-0.3, -0.25) is 0 Å². The summed E-state index contributed by atoms with van der Waals surface area (Å²) < 4.78 is 2.12. The Kier molecular flexibility index (Phi) is 7.63. The van der Waals surface area contributed by atoms with Gasteiger partial charge in [0.15, 0.2) is 8.07 Å². The molecule has 4 nitrogen and oxygen atoms in total. The fourth-order valence-corrected chi connectivity index (χ4v) is 12.5. The molecule has 0 aliphatic carbocycles. The zero-order valence-corrected chi connectivity index (χ0v) is 28.0. The molecule has 8 aromatic rings. The number of fused-ring (bicyclic) bond motifs is 3. The van der Waals surface area contributed by atoms with Crippen LogP contribution < -0.4 is 20.7 Å². The van der Waals surface area contributed by atoms with Crippen LogP contribution in [0.1, 0.15) is 16.7 Å². The van der Waals surface area contributed by atoms with Crippen molar-refractivity contribution >= 4 is 50.6 Å². The fourth-order valence-electron chi connectivity index (χ4n) is 7.50. The van der Waals surface area contributed by atoms with E-state index in [1.807, 2.05) is 72.8 Å². The highest BCUT2D eigenvalue weighted by Crippen LogP contribution is 2.35. The lowest BCUT2D eigenvalue weighted by Gasteiger charge is -2.36. The summed E-state index contributed by atoms with van der Waals surface area (Å²) >= 11 is 0. The van der Waals surface area contributed by atoms with Gasteiger partial charge >= 0.3 is 0 Å². The van der Waals surface area contributed by atoms with Crippen LogP contribution in [0.3, 0.4) is 0 Å². The van der Waals surface area contributed by atoms with E-state index < -0.39 is 8.07 Å². The second-order valence-corrected chi connectivity index (χ2v) is 16.0. The molecule has 0 atom stereocenters. The van der Waals surface area contributed by atoms with Crippen LogP contribution in [0.15, 0.2) is 170 Å². The summed E-state index contributed by atoms with van der Waals surface area (Å²) in [4.78, 5) is 0. The summed E-state index contributed by atoms with van der Waals surface area (Å²) in [5.41, 5.74) is 6.24. The highest BCUT2D eigenvalue weighted by Gasteiger charge is 2.43. The van der Waals surface area contributed by atoms with Gasteiger partial charge in [0.25, 0.3) is 0 Å². The molecule has 232 valence electrons. The van der Waals surface area contributed by atoms with Gasteiger partial charge in [0.2, 0.25) is 0 Å². The Balaban J connectivity index is 1.43. The summed E-state index contributed by atoms with van der Waals surface area (Å²) in [5.74, 6) is 0. The Morgan fingerprint density at radius 3 is 1.58 bits per heavy atom. The standard InChI is InChI=1S/C45H28N4Si/c46-29-32-21-24-44-41(26-32)40-18-10-11-19-43(40)49(44)42-25-22-34(28-35(42)31-48)39-23-20-33(30-47)27-45(39)50(36-12-4-1-5-13-36,37-14-6-2-7-15-37)38-16-8-3-9-17-38/h1-28H. The van der Waals surface area contributed by atoms with Gasteiger partial charge in [-0.2, -0.15) is 15.8 Å². The molecule has 7 aromatic carbocycles. The van der Waals surface area contributed by atoms with Crippen molar-refractivity contribution in [1.82, 2.24) is 4.57 Å². The van der Waals surface area contributed by atoms with Crippen LogP contribution in [0.4, 0.5) is 0 Å². The Labute approximate surface area is 291 Å². The second kappa shape index (κ2) is 12.6. The van der Waals surface area contributed by atoms with Crippen LogP contribution >= 0.6 is 0 Å². The minimum atomic E-state index is -3.02. The van der Waals surface area contributed by atoms with Crippen molar-refractivity contribution in [3.8, 4) is 35.0 Å². The number of para-hydroxylation sites is 1.